The first kappa shape index (κ1) is 19.0. The maximum Gasteiger partial charge on any atom is 0.126 e. The number of benzene rings is 2. The lowest BCUT2D eigenvalue weighted by atomic mass is 9.96. The van der Waals surface area contributed by atoms with Crippen molar-refractivity contribution in [3.63, 3.8) is 0 Å². The molecule has 1 N–H and O–H groups in total. The number of thiazole rings is 1. The zero-order valence-corrected chi connectivity index (χ0v) is 17.7. The Labute approximate surface area is 178 Å². The lowest BCUT2D eigenvalue weighted by molar-refractivity contribution is 0.194. The molecule has 3 heterocycles. The Balaban J connectivity index is 1.52. The van der Waals surface area contributed by atoms with Crippen LogP contribution in [-0.2, 0) is 13.0 Å². The van der Waals surface area contributed by atoms with Gasteiger partial charge in [0, 0.05) is 47.2 Å². The number of aliphatic hydroxyl groups excluding tert-OH is 1. The number of aromatic nitrogens is 3. The Morgan fingerprint density at radius 1 is 1.20 bits per heavy atom. The normalized spacial score (nSPS) is 14.6. The number of methoxy groups -OCH3 is 1. The Morgan fingerprint density at radius 3 is 2.87 bits per heavy atom. The minimum atomic E-state index is -0.628. The van der Waals surface area contributed by atoms with Crippen molar-refractivity contribution < 1.29 is 9.84 Å². The highest BCUT2D eigenvalue weighted by Crippen LogP contribution is 2.36. The van der Waals surface area contributed by atoms with Crippen LogP contribution in [0.5, 0.6) is 5.75 Å². The number of fused-ring (bicyclic) bond motifs is 2. The largest absolute Gasteiger partial charge is 0.496 e. The summed E-state index contributed by atoms with van der Waals surface area (Å²) in [5.41, 5.74) is 6.41. The predicted molar refractivity (Wildman–Crippen MR) is 119 cm³/mol. The Bertz CT molecular complexity index is 1210. The molecule has 1 aliphatic heterocycles. The second-order valence-corrected chi connectivity index (χ2v) is 8.40. The van der Waals surface area contributed by atoms with Gasteiger partial charge in [-0.1, -0.05) is 12.1 Å². The van der Waals surface area contributed by atoms with Crippen molar-refractivity contribution in [2.45, 2.75) is 26.0 Å². The summed E-state index contributed by atoms with van der Waals surface area (Å²) >= 11 is 1.66. The van der Waals surface area contributed by atoms with E-state index in [-0.39, 0.29) is 0 Å². The van der Waals surface area contributed by atoms with Gasteiger partial charge in [0.2, 0.25) is 0 Å². The number of nitrogens with zero attached hydrogens (tertiary/aromatic N) is 4. The first-order chi connectivity index (χ1) is 14.6. The second-order valence-electron chi connectivity index (χ2n) is 7.51. The summed E-state index contributed by atoms with van der Waals surface area (Å²) in [6.45, 7) is 3.45. The molecule has 2 aromatic carbocycles. The summed E-state index contributed by atoms with van der Waals surface area (Å²) < 4.78 is 5.44. The average molecular weight is 419 g/mol. The molecule has 0 spiro atoms. The highest BCUT2D eigenvalue weighted by Gasteiger charge is 2.21. The fourth-order valence-electron chi connectivity index (χ4n) is 4.10. The van der Waals surface area contributed by atoms with E-state index in [1.165, 1.54) is 16.7 Å². The molecular weight excluding hydrogens is 396 g/mol. The first-order valence-corrected chi connectivity index (χ1v) is 10.8. The lowest BCUT2D eigenvalue weighted by Crippen LogP contribution is -2.30. The fourth-order valence-corrected chi connectivity index (χ4v) is 4.74. The van der Waals surface area contributed by atoms with Gasteiger partial charge >= 0.3 is 0 Å². The van der Waals surface area contributed by atoms with E-state index >= 15 is 0 Å². The maximum atomic E-state index is 10.2. The summed E-state index contributed by atoms with van der Waals surface area (Å²) in [5.74, 6) is 0.627. The van der Waals surface area contributed by atoms with Crippen molar-refractivity contribution in [2.24, 2.45) is 0 Å². The molecule has 0 fully saturated rings. The zero-order chi connectivity index (χ0) is 20.7. The van der Waals surface area contributed by atoms with E-state index in [4.69, 9.17) is 4.74 Å². The SMILES string of the molecule is COc1cc2nncc(N3CCc4cc(-c5nccs5)ccc4C3)c2cc1C(C)O. The van der Waals surface area contributed by atoms with E-state index in [0.29, 0.717) is 5.75 Å². The molecule has 5 rings (SSSR count). The molecule has 1 unspecified atom stereocenters. The summed E-state index contributed by atoms with van der Waals surface area (Å²) in [6, 6.07) is 10.5. The van der Waals surface area contributed by atoms with Gasteiger partial charge in [0.1, 0.15) is 10.8 Å². The highest BCUT2D eigenvalue weighted by atomic mass is 32.1. The second kappa shape index (κ2) is 7.66. The van der Waals surface area contributed by atoms with Crippen molar-refractivity contribution in [1.82, 2.24) is 15.2 Å². The van der Waals surface area contributed by atoms with Crippen molar-refractivity contribution in [3.05, 3.63) is 64.8 Å². The van der Waals surface area contributed by atoms with Crippen LogP contribution in [0.3, 0.4) is 0 Å². The van der Waals surface area contributed by atoms with Crippen LogP contribution in [0.25, 0.3) is 21.5 Å². The van der Waals surface area contributed by atoms with Crippen LogP contribution in [-0.4, -0.2) is 33.9 Å². The van der Waals surface area contributed by atoms with Crippen LogP contribution in [0.15, 0.2) is 48.1 Å². The molecule has 152 valence electrons. The fraction of sp³-hybridized carbons (Fsp3) is 0.261. The van der Waals surface area contributed by atoms with Crippen molar-refractivity contribution in [2.75, 3.05) is 18.6 Å². The van der Waals surface area contributed by atoms with E-state index in [0.717, 1.165) is 46.7 Å². The third kappa shape index (κ3) is 3.30. The Kier molecular flexibility index (Phi) is 4.84. The van der Waals surface area contributed by atoms with E-state index in [9.17, 15) is 5.11 Å². The quantitative estimate of drug-likeness (QED) is 0.530. The zero-order valence-electron chi connectivity index (χ0n) is 16.9. The van der Waals surface area contributed by atoms with Gasteiger partial charge in [0.15, 0.2) is 0 Å². The van der Waals surface area contributed by atoms with Crippen LogP contribution in [0.1, 0.15) is 29.7 Å². The van der Waals surface area contributed by atoms with Gasteiger partial charge in [-0.2, -0.15) is 10.2 Å². The molecule has 0 saturated heterocycles. The Hall–Kier alpha value is -3.03. The van der Waals surface area contributed by atoms with Crippen LogP contribution in [0.2, 0.25) is 0 Å². The molecule has 7 heteroatoms. The van der Waals surface area contributed by atoms with Gasteiger partial charge in [0.25, 0.3) is 0 Å². The Morgan fingerprint density at radius 2 is 2.10 bits per heavy atom. The topological polar surface area (TPSA) is 71.4 Å². The lowest BCUT2D eigenvalue weighted by Gasteiger charge is -2.31. The number of rotatable bonds is 4. The molecular formula is C23H22N4O2S. The number of aliphatic hydroxyl groups is 1. The first-order valence-electron chi connectivity index (χ1n) is 9.92. The van der Waals surface area contributed by atoms with Crippen LogP contribution < -0.4 is 9.64 Å². The predicted octanol–water partition coefficient (Wildman–Crippen LogP) is 4.38. The minimum Gasteiger partial charge on any atom is -0.496 e. The smallest absolute Gasteiger partial charge is 0.126 e. The van der Waals surface area contributed by atoms with E-state index in [2.05, 4.69) is 38.3 Å². The van der Waals surface area contributed by atoms with Gasteiger partial charge in [-0.3, -0.25) is 0 Å². The molecule has 0 amide bonds. The third-order valence-corrected chi connectivity index (χ3v) is 6.48. The molecule has 0 saturated carbocycles. The summed E-state index contributed by atoms with van der Waals surface area (Å²) in [7, 11) is 1.60. The van der Waals surface area contributed by atoms with Crippen molar-refractivity contribution in [3.8, 4) is 16.3 Å². The summed E-state index contributed by atoms with van der Waals surface area (Å²) in [6.07, 6.45) is 3.99. The molecule has 0 aliphatic carbocycles. The van der Waals surface area contributed by atoms with Crippen LogP contribution >= 0.6 is 11.3 Å². The molecule has 1 atom stereocenters. The molecule has 0 radical (unpaired) electrons. The van der Waals surface area contributed by atoms with Crippen LogP contribution in [0.4, 0.5) is 5.69 Å². The maximum absolute atomic E-state index is 10.2. The van der Waals surface area contributed by atoms with Gasteiger partial charge < -0.3 is 14.7 Å². The number of ether oxygens (including phenoxy) is 1. The number of hydrogen-bond acceptors (Lipinski definition) is 7. The summed E-state index contributed by atoms with van der Waals surface area (Å²) in [5, 5.41) is 22.8. The molecule has 4 aromatic rings. The van der Waals surface area contributed by atoms with Crippen molar-refractivity contribution in [1.29, 1.82) is 0 Å². The van der Waals surface area contributed by atoms with Crippen molar-refractivity contribution >= 4 is 27.9 Å². The van der Waals surface area contributed by atoms with Gasteiger partial charge in [-0.25, -0.2) is 4.98 Å². The standard InChI is InChI=1S/C23H22N4O2S/c1-14(28)18-10-19-20(11-22(18)29-2)26-25-12-21(19)27-7-5-15-9-16(3-4-17(15)13-27)23-24-6-8-30-23/h3-4,6,8-12,14,28H,5,7,13H2,1-2H3. The number of hydrogen-bond donors (Lipinski definition) is 1. The van der Waals surface area contributed by atoms with Gasteiger partial charge in [-0.15, -0.1) is 11.3 Å². The minimum absolute atomic E-state index is 0.627. The van der Waals surface area contributed by atoms with E-state index in [1.807, 2.05) is 29.9 Å². The molecule has 30 heavy (non-hydrogen) atoms. The monoisotopic (exact) mass is 418 g/mol. The molecule has 0 bridgehead atoms. The van der Waals surface area contributed by atoms with Crippen LogP contribution in [0, 0.1) is 0 Å². The average Bonchev–Trinajstić information content (AvgIpc) is 3.32. The highest BCUT2D eigenvalue weighted by molar-refractivity contribution is 7.13. The van der Waals surface area contributed by atoms with Gasteiger partial charge in [-0.05, 0) is 36.6 Å². The molecule has 2 aromatic heterocycles. The molecule has 1 aliphatic rings. The molecule has 6 nitrogen and oxygen atoms in total. The van der Waals surface area contributed by atoms with E-state index in [1.54, 1.807) is 25.4 Å². The summed E-state index contributed by atoms with van der Waals surface area (Å²) in [4.78, 5) is 6.76. The van der Waals surface area contributed by atoms with Gasteiger partial charge in [0.05, 0.1) is 30.6 Å². The van der Waals surface area contributed by atoms with E-state index < -0.39 is 6.10 Å². The third-order valence-electron chi connectivity index (χ3n) is 5.66. The number of anilines is 1.